The van der Waals surface area contributed by atoms with Crippen molar-refractivity contribution in [1.29, 1.82) is 0 Å². The first-order valence-electron chi connectivity index (χ1n) is 8.96. The van der Waals surface area contributed by atoms with E-state index in [0.717, 1.165) is 15.8 Å². The maximum absolute atomic E-state index is 13.2. The highest BCUT2D eigenvalue weighted by molar-refractivity contribution is 7.08. The maximum Gasteiger partial charge on any atom is 0.272 e. The summed E-state index contributed by atoms with van der Waals surface area (Å²) in [6, 6.07) is 16.6. The molecule has 30 heavy (non-hydrogen) atoms. The third-order valence-corrected chi connectivity index (χ3v) is 5.41. The Morgan fingerprint density at radius 1 is 1.00 bits per heavy atom. The number of hydrogen-bond acceptors (Lipinski definition) is 4. The molecular weight excluding hydrogens is 425 g/mol. The van der Waals surface area contributed by atoms with Crippen molar-refractivity contribution in [1.82, 2.24) is 15.1 Å². The van der Waals surface area contributed by atoms with E-state index in [1.54, 1.807) is 12.1 Å². The van der Waals surface area contributed by atoms with Gasteiger partial charge in [0.15, 0.2) is 0 Å². The Bertz CT molecular complexity index is 1220. The number of benzene rings is 2. The zero-order valence-corrected chi connectivity index (χ0v) is 17.0. The predicted molar refractivity (Wildman–Crippen MR) is 115 cm³/mol. The van der Waals surface area contributed by atoms with E-state index in [1.807, 2.05) is 29.0 Å². The van der Waals surface area contributed by atoms with E-state index < -0.39 is 23.3 Å². The minimum atomic E-state index is -0.447. The summed E-state index contributed by atoms with van der Waals surface area (Å²) >= 11 is 7.51. The SMILES string of the molecule is O=C(NC(c1ccc(Cl)cc1)c1ccsc1)c1ccc(=O)n(-c2ccc(F)cc2)n1. The number of carbonyl (C=O) groups is 1. The van der Waals surface area contributed by atoms with E-state index in [4.69, 9.17) is 11.6 Å². The van der Waals surface area contributed by atoms with Gasteiger partial charge in [-0.05, 0) is 70.4 Å². The molecule has 1 N–H and O–H groups in total. The summed E-state index contributed by atoms with van der Waals surface area (Å²) in [5.41, 5.74) is 1.78. The molecule has 0 saturated heterocycles. The standard InChI is InChI=1S/C22H15ClFN3O2S/c23-16-3-1-14(2-4-16)21(15-11-12-30-13-15)25-22(29)19-9-10-20(28)27(26-19)18-7-5-17(24)6-8-18/h1-13,21H,(H,25,29). The number of rotatable bonds is 5. The normalized spacial score (nSPS) is 11.8. The van der Waals surface area contributed by atoms with Crippen LogP contribution >= 0.6 is 22.9 Å². The molecule has 4 aromatic rings. The van der Waals surface area contributed by atoms with Crippen molar-refractivity contribution in [2.45, 2.75) is 6.04 Å². The summed E-state index contributed by atoms with van der Waals surface area (Å²) in [7, 11) is 0. The summed E-state index contributed by atoms with van der Waals surface area (Å²) in [6.07, 6.45) is 0. The molecule has 0 saturated carbocycles. The van der Waals surface area contributed by atoms with Gasteiger partial charge in [-0.1, -0.05) is 23.7 Å². The van der Waals surface area contributed by atoms with Gasteiger partial charge in [0.2, 0.25) is 0 Å². The fourth-order valence-electron chi connectivity index (χ4n) is 2.96. The van der Waals surface area contributed by atoms with Gasteiger partial charge in [0.05, 0.1) is 11.7 Å². The maximum atomic E-state index is 13.2. The van der Waals surface area contributed by atoms with Gasteiger partial charge in [-0.3, -0.25) is 9.59 Å². The number of amides is 1. The van der Waals surface area contributed by atoms with Crippen LogP contribution in [0, 0.1) is 5.82 Å². The van der Waals surface area contributed by atoms with E-state index in [9.17, 15) is 14.0 Å². The number of carbonyl (C=O) groups excluding carboxylic acids is 1. The molecule has 1 amide bonds. The van der Waals surface area contributed by atoms with Gasteiger partial charge in [0.25, 0.3) is 11.5 Å². The Hall–Kier alpha value is -3.29. The van der Waals surface area contributed by atoms with Crippen molar-refractivity contribution in [3.8, 4) is 5.69 Å². The molecule has 2 aromatic carbocycles. The highest BCUT2D eigenvalue weighted by atomic mass is 35.5. The lowest BCUT2D eigenvalue weighted by atomic mass is 10.0. The summed E-state index contributed by atoms with van der Waals surface area (Å²) < 4.78 is 14.3. The summed E-state index contributed by atoms with van der Waals surface area (Å²) in [6.45, 7) is 0. The second-order valence-corrected chi connectivity index (χ2v) is 7.68. The van der Waals surface area contributed by atoms with Gasteiger partial charge in [-0.15, -0.1) is 0 Å². The molecule has 0 fully saturated rings. The lowest BCUT2D eigenvalue weighted by Gasteiger charge is -2.18. The van der Waals surface area contributed by atoms with Gasteiger partial charge in [0.1, 0.15) is 11.5 Å². The van der Waals surface area contributed by atoms with Crippen molar-refractivity contribution in [3.05, 3.63) is 116 Å². The Labute approximate surface area is 180 Å². The molecule has 0 aliphatic rings. The monoisotopic (exact) mass is 439 g/mol. The van der Waals surface area contributed by atoms with E-state index in [-0.39, 0.29) is 5.69 Å². The Morgan fingerprint density at radius 2 is 1.73 bits per heavy atom. The molecule has 4 rings (SSSR count). The first-order valence-corrected chi connectivity index (χ1v) is 10.3. The average Bonchev–Trinajstić information content (AvgIpc) is 3.28. The number of thiophene rings is 1. The zero-order chi connectivity index (χ0) is 21.1. The topological polar surface area (TPSA) is 64.0 Å². The van der Waals surface area contributed by atoms with Crippen LogP contribution in [0.25, 0.3) is 5.69 Å². The lowest BCUT2D eigenvalue weighted by molar-refractivity contribution is 0.0936. The first-order chi connectivity index (χ1) is 14.5. The third-order valence-electron chi connectivity index (χ3n) is 4.46. The van der Waals surface area contributed by atoms with Gasteiger partial charge < -0.3 is 5.32 Å². The van der Waals surface area contributed by atoms with Gasteiger partial charge >= 0.3 is 0 Å². The largest absolute Gasteiger partial charge is 0.340 e. The molecule has 1 atom stereocenters. The van der Waals surface area contributed by atoms with Crippen LogP contribution in [0.15, 0.2) is 82.3 Å². The van der Waals surface area contributed by atoms with Crippen LogP contribution < -0.4 is 10.9 Å². The van der Waals surface area contributed by atoms with Crippen LogP contribution in [0.5, 0.6) is 0 Å². The molecule has 8 heteroatoms. The molecule has 2 aromatic heterocycles. The van der Waals surface area contributed by atoms with Gasteiger partial charge in [-0.25, -0.2) is 4.39 Å². The van der Waals surface area contributed by atoms with Crippen molar-refractivity contribution >= 4 is 28.8 Å². The molecule has 0 aliphatic heterocycles. The molecule has 0 bridgehead atoms. The number of nitrogens with zero attached hydrogens (tertiary/aromatic N) is 2. The fraction of sp³-hybridized carbons (Fsp3) is 0.0455. The highest BCUT2D eigenvalue weighted by Crippen LogP contribution is 2.25. The Balaban J connectivity index is 1.66. The van der Waals surface area contributed by atoms with Gasteiger partial charge in [-0.2, -0.15) is 21.1 Å². The minimum absolute atomic E-state index is 0.0631. The first kappa shape index (κ1) is 20.0. The van der Waals surface area contributed by atoms with Crippen LogP contribution in [-0.2, 0) is 0 Å². The second-order valence-electron chi connectivity index (χ2n) is 6.46. The van der Waals surface area contributed by atoms with Crippen LogP contribution in [0.2, 0.25) is 5.02 Å². The van der Waals surface area contributed by atoms with Crippen LogP contribution in [0.3, 0.4) is 0 Å². The lowest BCUT2D eigenvalue weighted by Crippen LogP contribution is -2.32. The number of nitrogens with one attached hydrogen (secondary N) is 1. The number of aromatic nitrogens is 2. The molecular formula is C22H15ClFN3O2S. The summed E-state index contributed by atoms with van der Waals surface area (Å²) in [5, 5.41) is 11.6. The highest BCUT2D eigenvalue weighted by Gasteiger charge is 2.20. The zero-order valence-electron chi connectivity index (χ0n) is 15.5. The average molecular weight is 440 g/mol. The quantitative estimate of drug-likeness (QED) is 0.494. The molecule has 0 aliphatic carbocycles. The molecule has 150 valence electrons. The van der Waals surface area contributed by atoms with Crippen LogP contribution in [0.4, 0.5) is 4.39 Å². The summed E-state index contributed by atoms with van der Waals surface area (Å²) in [4.78, 5) is 25.2. The summed E-state index contributed by atoms with van der Waals surface area (Å²) in [5.74, 6) is -0.876. The van der Waals surface area contributed by atoms with E-state index in [2.05, 4.69) is 10.4 Å². The molecule has 0 radical (unpaired) electrons. The van der Waals surface area contributed by atoms with Crippen molar-refractivity contribution in [2.75, 3.05) is 0 Å². The van der Waals surface area contributed by atoms with E-state index in [1.165, 1.54) is 47.7 Å². The van der Waals surface area contributed by atoms with Crippen LogP contribution in [0.1, 0.15) is 27.7 Å². The fourth-order valence-corrected chi connectivity index (χ4v) is 3.77. The van der Waals surface area contributed by atoms with Gasteiger partial charge in [0, 0.05) is 11.1 Å². The molecule has 5 nitrogen and oxygen atoms in total. The Morgan fingerprint density at radius 3 is 2.40 bits per heavy atom. The van der Waals surface area contributed by atoms with Crippen molar-refractivity contribution in [3.63, 3.8) is 0 Å². The third kappa shape index (κ3) is 4.32. The number of hydrogen-bond donors (Lipinski definition) is 1. The van der Waals surface area contributed by atoms with Crippen LogP contribution in [-0.4, -0.2) is 15.7 Å². The van der Waals surface area contributed by atoms with Crippen molar-refractivity contribution < 1.29 is 9.18 Å². The molecule has 1 unspecified atom stereocenters. The molecule has 0 spiro atoms. The second kappa shape index (κ2) is 8.61. The van der Waals surface area contributed by atoms with E-state index in [0.29, 0.717) is 10.7 Å². The Kier molecular flexibility index (Phi) is 5.74. The van der Waals surface area contributed by atoms with E-state index >= 15 is 0 Å². The smallest absolute Gasteiger partial charge is 0.272 e. The number of halogens is 2. The molecule has 2 heterocycles. The minimum Gasteiger partial charge on any atom is -0.340 e. The predicted octanol–water partition coefficient (Wildman–Crippen LogP) is 4.61. The van der Waals surface area contributed by atoms with Crippen molar-refractivity contribution in [2.24, 2.45) is 0 Å².